The number of aromatic amines is 1. The predicted octanol–water partition coefficient (Wildman–Crippen LogP) is 7.13. The summed E-state index contributed by atoms with van der Waals surface area (Å²) in [4.78, 5) is 75.1. The third-order valence-corrected chi connectivity index (χ3v) is 9.73. The zero-order valence-electron chi connectivity index (χ0n) is 32.0. The average molecular weight is 784 g/mol. The van der Waals surface area contributed by atoms with Crippen molar-refractivity contribution in [3.63, 3.8) is 0 Å². The SMILES string of the molecule is CCOC(=O)c1nc([C@H](C(C)C)N2C(=O)c3ccccc3C2=O)oc1CC(=O)Nc1ccccc1-c1cccc2[nH]cc(C(O)CNC(=O)OCc3ccccc3)c12. The van der Waals surface area contributed by atoms with Crippen LogP contribution in [0.15, 0.2) is 108 Å². The number of alkyl carbamates (subject to hydrolysis) is 1. The average Bonchev–Trinajstić information content (AvgIpc) is 3.92. The summed E-state index contributed by atoms with van der Waals surface area (Å²) in [5.74, 6) is -2.97. The molecule has 1 aliphatic rings. The minimum Gasteiger partial charge on any atom is -0.461 e. The molecule has 2 atom stereocenters. The second-order valence-electron chi connectivity index (χ2n) is 14.0. The van der Waals surface area contributed by atoms with Crippen LogP contribution in [0.25, 0.3) is 22.0 Å². The van der Waals surface area contributed by atoms with E-state index in [9.17, 15) is 29.1 Å². The van der Waals surface area contributed by atoms with Crippen molar-refractivity contribution in [1.29, 1.82) is 0 Å². The standard InChI is InChI=1S/C44H41N5O9/c1-4-56-43(54)38-35(58-40(48-38)39(25(2)3)49-41(52)29-16-8-9-17-30(29)42(49)53)21-36(51)47-32-19-11-10-15-27(32)28-18-12-20-33-37(28)31(22-45-33)34(50)23-46-44(55)57-24-26-13-6-5-7-14-26/h5-20,22,25,34,39,45,50H,4,21,23-24H2,1-3H3,(H,46,55)(H,47,51)/t34?,39-/m0/s1. The lowest BCUT2D eigenvalue weighted by Gasteiger charge is -2.26. The predicted molar refractivity (Wildman–Crippen MR) is 213 cm³/mol. The van der Waals surface area contributed by atoms with E-state index >= 15 is 0 Å². The van der Waals surface area contributed by atoms with Gasteiger partial charge in [-0.2, -0.15) is 0 Å². The number of aliphatic hydroxyl groups excluding tert-OH is 1. The zero-order valence-corrected chi connectivity index (χ0v) is 32.0. The van der Waals surface area contributed by atoms with Gasteiger partial charge >= 0.3 is 12.1 Å². The number of nitrogens with zero attached hydrogens (tertiary/aromatic N) is 2. The number of hydrogen-bond donors (Lipinski definition) is 4. The van der Waals surface area contributed by atoms with E-state index in [0.29, 0.717) is 33.3 Å². The van der Waals surface area contributed by atoms with Crippen molar-refractivity contribution in [2.45, 2.75) is 45.9 Å². The fourth-order valence-corrected chi connectivity index (χ4v) is 7.06. The van der Waals surface area contributed by atoms with E-state index in [1.165, 1.54) is 0 Å². The zero-order chi connectivity index (χ0) is 40.9. The van der Waals surface area contributed by atoms with E-state index in [1.54, 1.807) is 63.4 Å². The van der Waals surface area contributed by atoms with E-state index in [2.05, 4.69) is 20.6 Å². The lowest BCUT2D eigenvalue weighted by Crippen LogP contribution is -2.37. The van der Waals surface area contributed by atoms with Crippen molar-refractivity contribution in [2.75, 3.05) is 18.5 Å². The molecule has 7 rings (SSSR count). The molecule has 296 valence electrons. The first-order valence-electron chi connectivity index (χ1n) is 18.8. The summed E-state index contributed by atoms with van der Waals surface area (Å²) in [5.41, 5.74) is 4.05. The lowest BCUT2D eigenvalue weighted by molar-refractivity contribution is -0.115. The molecule has 4 N–H and O–H groups in total. The Morgan fingerprint density at radius 1 is 0.845 bits per heavy atom. The maximum Gasteiger partial charge on any atom is 0.407 e. The number of aliphatic hydroxyl groups is 1. The summed E-state index contributed by atoms with van der Waals surface area (Å²) in [6, 6.07) is 27.4. The van der Waals surface area contributed by atoms with Gasteiger partial charge in [0.2, 0.25) is 11.8 Å². The third kappa shape index (κ3) is 7.95. The number of ether oxygens (including phenoxy) is 2. The third-order valence-electron chi connectivity index (χ3n) is 9.73. The van der Waals surface area contributed by atoms with Crippen molar-refractivity contribution in [3.8, 4) is 11.1 Å². The molecular formula is C44H41N5O9. The summed E-state index contributed by atoms with van der Waals surface area (Å²) >= 11 is 0. The summed E-state index contributed by atoms with van der Waals surface area (Å²) in [7, 11) is 0. The number of carbonyl (C=O) groups is 5. The number of aromatic nitrogens is 2. The number of para-hydroxylation sites is 1. The van der Waals surface area contributed by atoms with E-state index < -0.39 is 48.4 Å². The molecule has 0 bridgehead atoms. The molecule has 1 unspecified atom stereocenters. The van der Waals surface area contributed by atoms with E-state index in [4.69, 9.17) is 13.9 Å². The van der Waals surface area contributed by atoms with Crippen molar-refractivity contribution >= 4 is 46.4 Å². The monoisotopic (exact) mass is 783 g/mol. The van der Waals surface area contributed by atoms with Crippen LogP contribution in [0, 0.1) is 5.92 Å². The molecule has 0 spiro atoms. The number of carbonyl (C=O) groups excluding carboxylic acids is 5. The Bertz CT molecular complexity index is 2470. The van der Waals surface area contributed by atoms with Gasteiger partial charge in [0.05, 0.1) is 36.8 Å². The Kier molecular flexibility index (Phi) is 11.5. The molecule has 3 heterocycles. The number of rotatable bonds is 14. The number of nitrogens with one attached hydrogen (secondary N) is 3. The molecule has 58 heavy (non-hydrogen) atoms. The molecule has 1 aliphatic heterocycles. The Labute approximate surface area is 333 Å². The van der Waals surface area contributed by atoms with Crippen molar-refractivity contribution in [1.82, 2.24) is 20.2 Å². The lowest BCUT2D eigenvalue weighted by atomic mass is 9.96. The Hall–Kier alpha value is -7.06. The molecule has 14 nitrogen and oxygen atoms in total. The quantitative estimate of drug-likeness (QED) is 0.0652. The van der Waals surface area contributed by atoms with Crippen molar-refractivity contribution < 1.29 is 43.0 Å². The van der Waals surface area contributed by atoms with Gasteiger partial charge in [0.15, 0.2) is 5.69 Å². The second-order valence-corrected chi connectivity index (χ2v) is 14.0. The smallest absolute Gasteiger partial charge is 0.407 e. The molecular weight excluding hydrogens is 743 g/mol. The molecule has 0 fully saturated rings. The maximum absolute atomic E-state index is 13.8. The molecule has 6 aromatic rings. The van der Waals surface area contributed by atoms with Gasteiger partial charge in [-0.25, -0.2) is 14.6 Å². The summed E-state index contributed by atoms with van der Waals surface area (Å²) in [6.45, 7) is 5.20. The van der Waals surface area contributed by atoms with Crippen molar-refractivity contribution in [2.24, 2.45) is 5.92 Å². The Morgan fingerprint density at radius 3 is 2.19 bits per heavy atom. The van der Waals surface area contributed by atoms with Gasteiger partial charge in [0.1, 0.15) is 18.4 Å². The van der Waals surface area contributed by atoms with Gasteiger partial charge in [-0.3, -0.25) is 19.3 Å². The second kappa shape index (κ2) is 17.0. The highest BCUT2D eigenvalue weighted by atomic mass is 16.5. The van der Waals surface area contributed by atoms with Crippen LogP contribution in [0.4, 0.5) is 10.5 Å². The number of amides is 4. The number of fused-ring (bicyclic) bond motifs is 2. The maximum atomic E-state index is 13.8. The van der Waals surface area contributed by atoms with Gasteiger partial charge < -0.3 is 34.6 Å². The molecule has 0 saturated carbocycles. The molecule has 4 amide bonds. The Morgan fingerprint density at radius 2 is 1.50 bits per heavy atom. The van der Waals surface area contributed by atoms with Crippen LogP contribution < -0.4 is 10.6 Å². The minimum atomic E-state index is -1.11. The van der Waals surface area contributed by atoms with Gasteiger partial charge in [-0.15, -0.1) is 0 Å². The number of oxazole rings is 1. The number of hydrogen-bond acceptors (Lipinski definition) is 10. The summed E-state index contributed by atoms with van der Waals surface area (Å²) in [5, 5.41) is 17.5. The van der Waals surface area contributed by atoms with Crippen LogP contribution in [-0.2, 0) is 27.3 Å². The number of imide groups is 1. The first kappa shape index (κ1) is 39.2. The number of anilines is 1. The number of esters is 1. The van der Waals surface area contributed by atoms with E-state index in [0.717, 1.165) is 10.5 Å². The molecule has 0 saturated heterocycles. The fourth-order valence-electron chi connectivity index (χ4n) is 7.06. The van der Waals surface area contributed by atoms with E-state index in [1.807, 2.05) is 60.7 Å². The highest BCUT2D eigenvalue weighted by Crippen LogP contribution is 2.39. The minimum absolute atomic E-state index is 0.0296. The van der Waals surface area contributed by atoms with Crippen LogP contribution in [0.2, 0.25) is 0 Å². The first-order chi connectivity index (χ1) is 28.0. The molecule has 0 aliphatic carbocycles. The van der Waals surface area contributed by atoms with Crippen molar-refractivity contribution in [3.05, 3.63) is 143 Å². The summed E-state index contributed by atoms with van der Waals surface area (Å²) in [6.07, 6.45) is -0.559. The van der Waals surface area contributed by atoms with Gasteiger partial charge in [-0.1, -0.05) is 86.6 Å². The van der Waals surface area contributed by atoms with E-state index in [-0.39, 0.29) is 54.1 Å². The van der Waals surface area contributed by atoms with Gasteiger partial charge in [0, 0.05) is 33.9 Å². The molecule has 4 aromatic carbocycles. The topological polar surface area (TPSA) is 193 Å². The number of H-pyrrole nitrogens is 1. The number of benzene rings is 4. The van der Waals surface area contributed by atoms with Gasteiger partial charge in [-0.05, 0) is 48.2 Å². The van der Waals surface area contributed by atoms with Crippen LogP contribution >= 0.6 is 0 Å². The fraction of sp³-hybridized carbons (Fsp3) is 0.227. The largest absolute Gasteiger partial charge is 0.461 e. The molecule has 2 aromatic heterocycles. The first-order valence-corrected chi connectivity index (χ1v) is 18.8. The van der Waals surface area contributed by atoms with Crippen LogP contribution in [0.1, 0.15) is 86.9 Å². The van der Waals surface area contributed by atoms with Crippen LogP contribution in [0.3, 0.4) is 0 Å². The van der Waals surface area contributed by atoms with Crippen LogP contribution in [-0.4, -0.2) is 62.9 Å². The normalized spacial score (nSPS) is 13.4. The molecule has 0 radical (unpaired) electrons. The Balaban J connectivity index is 1.12. The summed E-state index contributed by atoms with van der Waals surface area (Å²) < 4.78 is 16.7. The molecule has 14 heteroatoms. The van der Waals surface area contributed by atoms with Gasteiger partial charge in [0.25, 0.3) is 11.8 Å². The van der Waals surface area contributed by atoms with Crippen LogP contribution in [0.5, 0.6) is 0 Å². The highest BCUT2D eigenvalue weighted by molar-refractivity contribution is 6.21. The highest BCUT2D eigenvalue weighted by Gasteiger charge is 2.44.